The van der Waals surface area contributed by atoms with Crippen LogP contribution in [0.25, 0.3) is 0 Å². The highest BCUT2D eigenvalue weighted by Crippen LogP contribution is 2.32. The molecular weight excluding hydrogens is 334 g/mol. The molecule has 0 aromatic heterocycles. The maximum Gasteiger partial charge on any atom is 0.416 e. The maximum absolute atomic E-state index is 13.0. The fourth-order valence-electron chi connectivity index (χ4n) is 2.26. The molecule has 0 bridgehead atoms. The third-order valence-electron chi connectivity index (χ3n) is 3.48. The van der Waals surface area contributed by atoms with E-state index in [4.69, 9.17) is 10.5 Å². The predicted molar refractivity (Wildman–Crippen MR) is 74.1 cm³/mol. The average molecular weight is 349 g/mol. The van der Waals surface area contributed by atoms with Crippen LogP contribution in [0, 0.1) is 5.82 Å². The van der Waals surface area contributed by atoms with Crippen molar-refractivity contribution >= 4 is 11.9 Å². The lowest BCUT2D eigenvalue weighted by molar-refractivity contribution is -0.138. The van der Waals surface area contributed by atoms with E-state index >= 15 is 0 Å². The van der Waals surface area contributed by atoms with Crippen LogP contribution < -0.4 is 11.1 Å². The van der Waals surface area contributed by atoms with Gasteiger partial charge in [0.25, 0.3) is 0 Å². The monoisotopic (exact) mass is 349 g/mol. The quantitative estimate of drug-likeness (QED) is 0.806. The van der Waals surface area contributed by atoms with Gasteiger partial charge in [-0.15, -0.1) is 0 Å². The van der Waals surface area contributed by atoms with Gasteiger partial charge in [0.05, 0.1) is 18.7 Å². The molecular formula is C14H15F4N3O3. The minimum atomic E-state index is -4.74. The molecule has 2 rings (SSSR count). The zero-order chi connectivity index (χ0) is 17.9. The van der Waals surface area contributed by atoms with Gasteiger partial charge in [0.2, 0.25) is 5.91 Å². The third-order valence-corrected chi connectivity index (χ3v) is 3.48. The summed E-state index contributed by atoms with van der Waals surface area (Å²) in [5.74, 6) is -1.75. The second kappa shape index (κ2) is 7.04. The Labute approximate surface area is 134 Å². The topological polar surface area (TPSA) is 84.7 Å². The lowest BCUT2D eigenvalue weighted by Gasteiger charge is -2.31. The summed E-state index contributed by atoms with van der Waals surface area (Å²) in [5, 5.41) is 2.32. The molecule has 1 aromatic rings. The molecule has 1 heterocycles. The number of hydrogen-bond acceptors (Lipinski definition) is 3. The van der Waals surface area contributed by atoms with Crippen molar-refractivity contribution in [2.24, 2.45) is 5.73 Å². The minimum absolute atomic E-state index is 0.0866. The van der Waals surface area contributed by atoms with Gasteiger partial charge in [0.15, 0.2) is 6.10 Å². The van der Waals surface area contributed by atoms with Crippen molar-refractivity contribution in [3.05, 3.63) is 35.1 Å². The van der Waals surface area contributed by atoms with Gasteiger partial charge in [0, 0.05) is 13.1 Å². The van der Waals surface area contributed by atoms with Crippen LogP contribution in [-0.2, 0) is 22.3 Å². The number of nitrogens with one attached hydrogen (secondary N) is 1. The van der Waals surface area contributed by atoms with Crippen LogP contribution in [-0.4, -0.2) is 42.6 Å². The van der Waals surface area contributed by atoms with Gasteiger partial charge < -0.3 is 20.7 Å². The van der Waals surface area contributed by atoms with Crippen LogP contribution in [0.1, 0.15) is 11.1 Å². The molecule has 132 valence electrons. The SMILES string of the molecule is NC(=O)C1CN(C(=O)NCc2ccc(F)cc2C(F)(F)F)CCO1. The number of primary amides is 1. The van der Waals surface area contributed by atoms with Crippen LogP contribution in [0.15, 0.2) is 18.2 Å². The standard InChI is InChI=1S/C14H15F4N3O3/c15-9-2-1-8(10(5-9)14(16,17)18)6-20-13(23)21-3-4-24-11(7-21)12(19)22/h1-2,5,11H,3-4,6-7H2,(H2,19,22)(H,20,23). The summed E-state index contributed by atoms with van der Waals surface area (Å²) >= 11 is 0. The Balaban J connectivity index is 2.03. The van der Waals surface area contributed by atoms with E-state index in [2.05, 4.69) is 5.32 Å². The Kier molecular flexibility index (Phi) is 5.27. The normalized spacial score (nSPS) is 18.3. The van der Waals surface area contributed by atoms with E-state index in [1.165, 1.54) is 4.90 Å². The smallest absolute Gasteiger partial charge is 0.367 e. The molecule has 1 fully saturated rings. The first-order valence-electron chi connectivity index (χ1n) is 6.98. The van der Waals surface area contributed by atoms with E-state index in [1.54, 1.807) is 0 Å². The van der Waals surface area contributed by atoms with Gasteiger partial charge in [-0.1, -0.05) is 6.07 Å². The summed E-state index contributed by atoms with van der Waals surface area (Å²) in [4.78, 5) is 24.3. The summed E-state index contributed by atoms with van der Waals surface area (Å²) in [7, 11) is 0. The number of halogens is 4. The van der Waals surface area contributed by atoms with Crippen molar-refractivity contribution in [2.45, 2.75) is 18.8 Å². The number of nitrogens with two attached hydrogens (primary N) is 1. The second-order valence-corrected chi connectivity index (χ2v) is 5.17. The molecule has 1 unspecified atom stereocenters. The zero-order valence-corrected chi connectivity index (χ0v) is 12.4. The maximum atomic E-state index is 13.0. The van der Waals surface area contributed by atoms with Crippen LogP contribution >= 0.6 is 0 Å². The van der Waals surface area contributed by atoms with Crippen LogP contribution in [0.5, 0.6) is 0 Å². The van der Waals surface area contributed by atoms with E-state index in [1.807, 2.05) is 0 Å². The summed E-state index contributed by atoms with van der Waals surface area (Å²) in [6, 6.07) is 1.56. The van der Waals surface area contributed by atoms with Crippen molar-refractivity contribution in [2.75, 3.05) is 19.7 Å². The Morgan fingerprint density at radius 2 is 2.08 bits per heavy atom. The molecule has 10 heteroatoms. The highest BCUT2D eigenvalue weighted by atomic mass is 19.4. The van der Waals surface area contributed by atoms with Crippen molar-refractivity contribution in [1.29, 1.82) is 0 Å². The van der Waals surface area contributed by atoms with Crippen molar-refractivity contribution < 1.29 is 31.9 Å². The lowest BCUT2D eigenvalue weighted by Crippen LogP contribution is -2.53. The number of alkyl halides is 3. The first-order chi connectivity index (χ1) is 11.2. The predicted octanol–water partition coefficient (Wildman–Crippen LogP) is 1.24. The first-order valence-corrected chi connectivity index (χ1v) is 6.98. The molecule has 1 aliphatic rings. The number of amides is 3. The molecule has 3 N–H and O–H groups in total. The lowest BCUT2D eigenvalue weighted by atomic mass is 10.1. The third kappa shape index (κ3) is 4.34. The Morgan fingerprint density at radius 3 is 2.71 bits per heavy atom. The molecule has 1 atom stereocenters. The second-order valence-electron chi connectivity index (χ2n) is 5.17. The fourth-order valence-corrected chi connectivity index (χ4v) is 2.26. The van der Waals surface area contributed by atoms with E-state index < -0.39 is 42.1 Å². The van der Waals surface area contributed by atoms with Crippen LogP contribution in [0.4, 0.5) is 22.4 Å². The van der Waals surface area contributed by atoms with Gasteiger partial charge >= 0.3 is 12.2 Å². The van der Waals surface area contributed by atoms with Gasteiger partial charge in [-0.2, -0.15) is 13.2 Å². The number of carbonyl (C=O) groups excluding carboxylic acids is 2. The largest absolute Gasteiger partial charge is 0.416 e. The molecule has 0 radical (unpaired) electrons. The number of ether oxygens (including phenoxy) is 1. The number of carbonyl (C=O) groups is 2. The molecule has 0 aliphatic carbocycles. The van der Waals surface area contributed by atoms with E-state index in [0.717, 1.165) is 12.1 Å². The Morgan fingerprint density at radius 1 is 1.38 bits per heavy atom. The number of benzene rings is 1. The average Bonchev–Trinajstić information content (AvgIpc) is 2.52. The van der Waals surface area contributed by atoms with Gasteiger partial charge in [-0.3, -0.25) is 4.79 Å². The van der Waals surface area contributed by atoms with Gasteiger partial charge in [-0.05, 0) is 17.7 Å². The summed E-state index contributed by atoms with van der Waals surface area (Å²) in [6.45, 7) is -0.264. The van der Waals surface area contributed by atoms with E-state index in [0.29, 0.717) is 6.07 Å². The molecule has 6 nitrogen and oxygen atoms in total. The van der Waals surface area contributed by atoms with Crippen LogP contribution in [0.2, 0.25) is 0 Å². The van der Waals surface area contributed by atoms with Crippen LogP contribution in [0.3, 0.4) is 0 Å². The molecule has 24 heavy (non-hydrogen) atoms. The van der Waals surface area contributed by atoms with Gasteiger partial charge in [-0.25, -0.2) is 9.18 Å². The fraction of sp³-hybridized carbons (Fsp3) is 0.429. The summed E-state index contributed by atoms with van der Waals surface area (Å²) < 4.78 is 56.8. The minimum Gasteiger partial charge on any atom is -0.367 e. The Bertz CT molecular complexity index is 636. The zero-order valence-electron chi connectivity index (χ0n) is 12.4. The van der Waals surface area contributed by atoms with Crippen molar-refractivity contribution in [3.63, 3.8) is 0 Å². The highest BCUT2D eigenvalue weighted by Gasteiger charge is 2.34. The number of morpholine rings is 1. The summed E-state index contributed by atoms with van der Waals surface area (Å²) in [5.41, 5.74) is 3.67. The number of urea groups is 1. The van der Waals surface area contributed by atoms with Crippen molar-refractivity contribution in [3.8, 4) is 0 Å². The molecule has 0 saturated carbocycles. The van der Waals surface area contributed by atoms with Gasteiger partial charge in [0.1, 0.15) is 5.82 Å². The number of rotatable bonds is 3. The van der Waals surface area contributed by atoms with E-state index in [-0.39, 0.29) is 25.3 Å². The molecule has 1 aromatic carbocycles. The first kappa shape index (κ1) is 18.0. The van der Waals surface area contributed by atoms with E-state index in [9.17, 15) is 27.2 Å². The molecule has 3 amide bonds. The number of hydrogen-bond donors (Lipinski definition) is 2. The van der Waals surface area contributed by atoms with Crippen molar-refractivity contribution in [1.82, 2.24) is 10.2 Å². The molecule has 1 saturated heterocycles. The molecule has 1 aliphatic heterocycles. The Hall–Kier alpha value is -2.36. The number of nitrogens with zero attached hydrogens (tertiary/aromatic N) is 1. The summed E-state index contributed by atoms with van der Waals surface area (Å²) in [6.07, 6.45) is -5.70. The highest BCUT2D eigenvalue weighted by molar-refractivity contribution is 5.81. The molecule has 0 spiro atoms.